The van der Waals surface area contributed by atoms with E-state index in [1.54, 1.807) is 11.3 Å². The van der Waals surface area contributed by atoms with Gasteiger partial charge in [-0.15, -0.1) is 11.3 Å². The Bertz CT molecular complexity index is 610. The summed E-state index contributed by atoms with van der Waals surface area (Å²) in [4.78, 5) is 18.8. The van der Waals surface area contributed by atoms with Crippen LogP contribution >= 0.6 is 23.1 Å². The van der Waals surface area contributed by atoms with Gasteiger partial charge in [0.25, 0.3) is 0 Å². The summed E-state index contributed by atoms with van der Waals surface area (Å²) in [7, 11) is 0. The van der Waals surface area contributed by atoms with Gasteiger partial charge in [0.15, 0.2) is 4.34 Å². The lowest BCUT2D eigenvalue weighted by Gasteiger charge is -2.36. The Morgan fingerprint density at radius 1 is 1.48 bits per heavy atom. The SMILES string of the molecule is CC1CN(C(=O)CSc2nc3ccccc3s2)C(C)CO1. The number of morpholine rings is 1. The molecule has 4 nitrogen and oxygen atoms in total. The van der Waals surface area contributed by atoms with Gasteiger partial charge in [0, 0.05) is 6.54 Å². The number of benzene rings is 1. The molecule has 1 aromatic carbocycles. The summed E-state index contributed by atoms with van der Waals surface area (Å²) in [6.45, 7) is 5.35. The number of hydrogen-bond acceptors (Lipinski definition) is 5. The number of carbonyl (C=O) groups is 1. The molecule has 21 heavy (non-hydrogen) atoms. The smallest absolute Gasteiger partial charge is 0.233 e. The highest BCUT2D eigenvalue weighted by molar-refractivity contribution is 8.01. The number of rotatable bonds is 3. The predicted octanol–water partition coefficient (Wildman–Crippen LogP) is 3.02. The zero-order chi connectivity index (χ0) is 14.8. The third kappa shape index (κ3) is 3.39. The molecule has 1 aliphatic rings. The summed E-state index contributed by atoms with van der Waals surface area (Å²) < 4.78 is 7.69. The van der Waals surface area contributed by atoms with Crippen LogP contribution in [-0.2, 0) is 9.53 Å². The maximum Gasteiger partial charge on any atom is 0.233 e. The second-order valence-corrected chi connectivity index (χ2v) is 7.53. The first-order valence-electron chi connectivity index (χ1n) is 7.03. The number of amides is 1. The maximum atomic E-state index is 12.4. The highest BCUT2D eigenvalue weighted by atomic mass is 32.2. The lowest BCUT2D eigenvalue weighted by atomic mass is 10.2. The Kier molecular flexibility index (Phi) is 4.47. The largest absolute Gasteiger partial charge is 0.375 e. The van der Waals surface area contributed by atoms with Gasteiger partial charge < -0.3 is 9.64 Å². The van der Waals surface area contributed by atoms with Crippen molar-refractivity contribution in [2.75, 3.05) is 18.9 Å². The molecule has 1 fully saturated rings. The molecule has 1 amide bonds. The van der Waals surface area contributed by atoms with Gasteiger partial charge in [0.2, 0.25) is 5.91 Å². The summed E-state index contributed by atoms with van der Waals surface area (Å²) >= 11 is 3.17. The summed E-state index contributed by atoms with van der Waals surface area (Å²) in [5.41, 5.74) is 1.01. The number of para-hydroxylation sites is 1. The second kappa shape index (κ2) is 6.34. The number of thioether (sulfide) groups is 1. The van der Waals surface area contributed by atoms with Crippen molar-refractivity contribution in [1.29, 1.82) is 0 Å². The zero-order valence-corrected chi connectivity index (χ0v) is 13.7. The molecule has 0 bridgehead atoms. The number of fused-ring (bicyclic) bond motifs is 1. The quantitative estimate of drug-likeness (QED) is 0.815. The summed E-state index contributed by atoms with van der Waals surface area (Å²) in [5.74, 6) is 0.610. The lowest BCUT2D eigenvalue weighted by molar-refractivity contribution is -0.140. The van der Waals surface area contributed by atoms with E-state index in [1.807, 2.05) is 36.9 Å². The maximum absolute atomic E-state index is 12.4. The molecule has 0 radical (unpaired) electrons. The number of aromatic nitrogens is 1. The van der Waals surface area contributed by atoms with Gasteiger partial charge in [-0.3, -0.25) is 4.79 Å². The first-order valence-corrected chi connectivity index (χ1v) is 8.83. The number of hydrogen-bond donors (Lipinski definition) is 0. The molecular weight excluding hydrogens is 304 g/mol. The van der Waals surface area contributed by atoms with Crippen LogP contribution in [0.5, 0.6) is 0 Å². The Hall–Kier alpha value is -1.11. The topological polar surface area (TPSA) is 42.4 Å². The molecule has 0 saturated carbocycles. The van der Waals surface area contributed by atoms with Crippen molar-refractivity contribution < 1.29 is 9.53 Å². The molecule has 2 unspecified atom stereocenters. The molecular formula is C15H18N2O2S2. The van der Waals surface area contributed by atoms with Gasteiger partial charge in [-0.2, -0.15) is 0 Å². The van der Waals surface area contributed by atoms with Crippen LogP contribution in [0.1, 0.15) is 13.8 Å². The van der Waals surface area contributed by atoms with Crippen molar-refractivity contribution in [1.82, 2.24) is 9.88 Å². The van der Waals surface area contributed by atoms with Gasteiger partial charge in [-0.1, -0.05) is 23.9 Å². The minimum Gasteiger partial charge on any atom is -0.375 e. The van der Waals surface area contributed by atoms with E-state index in [0.717, 1.165) is 9.86 Å². The van der Waals surface area contributed by atoms with E-state index in [0.29, 0.717) is 18.9 Å². The predicted molar refractivity (Wildman–Crippen MR) is 86.9 cm³/mol. The minimum absolute atomic E-state index is 0.123. The average Bonchev–Trinajstić information content (AvgIpc) is 2.90. The second-order valence-electron chi connectivity index (χ2n) is 5.28. The van der Waals surface area contributed by atoms with E-state index in [1.165, 1.54) is 16.5 Å². The van der Waals surface area contributed by atoms with E-state index in [9.17, 15) is 4.79 Å². The highest BCUT2D eigenvalue weighted by Crippen LogP contribution is 2.29. The zero-order valence-electron chi connectivity index (χ0n) is 12.1. The Labute approximate surface area is 132 Å². The molecule has 1 aliphatic heterocycles. The summed E-state index contributed by atoms with van der Waals surface area (Å²) in [6, 6.07) is 8.22. The van der Waals surface area contributed by atoms with Crippen LogP contribution in [0.3, 0.4) is 0 Å². The van der Waals surface area contributed by atoms with Crippen molar-refractivity contribution in [2.45, 2.75) is 30.3 Å². The number of nitrogens with zero attached hydrogens (tertiary/aromatic N) is 2. The van der Waals surface area contributed by atoms with Crippen molar-refractivity contribution in [3.63, 3.8) is 0 Å². The molecule has 0 spiro atoms. The van der Waals surface area contributed by atoms with E-state index < -0.39 is 0 Å². The molecule has 2 aromatic rings. The molecule has 6 heteroatoms. The van der Waals surface area contributed by atoms with E-state index in [4.69, 9.17) is 4.74 Å². The monoisotopic (exact) mass is 322 g/mol. The van der Waals surface area contributed by atoms with Crippen molar-refractivity contribution in [2.24, 2.45) is 0 Å². The van der Waals surface area contributed by atoms with Gasteiger partial charge in [0.1, 0.15) is 0 Å². The first-order chi connectivity index (χ1) is 10.1. The van der Waals surface area contributed by atoms with Gasteiger partial charge in [-0.25, -0.2) is 4.98 Å². The normalized spacial score (nSPS) is 22.7. The standard InChI is InChI=1S/C15H18N2O2S2/c1-10-8-19-11(2)7-17(10)14(18)9-20-15-16-12-5-3-4-6-13(12)21-15/h3-6,10-11H,7-9H2,1-2H3. The van der Waals surface area contributed by atoms with Crippen molar-refractivity contribution in [3.8, 4) is 0 Å². The molecule has 1 aromatic heterocycles. The van der Waals surface area contributed by atoms with Crippen LogP contribution < -0.4 is 0 Å². The summed E-state index contributed by atoms with van der Waals surface area (Å²) in [6.07, 6.45) is 0.123. The first kappa shape index (κ1) is 14.8. The molecule has 1 saturated heterocycles. The molecule has 0 aliphatic carbocycles. The average molecular weight is 322 g/mol. The fourth-order valence-electron chi connectivity index (χ4n) is 2.37. The fraction of sp³-hybridized carbons (Fsp3) is 0.467. The molecule has 2 atom stereocenters. The van der Waals surface area contributed by atoms with Crippen LogP contribution in [-0.4, -0.2) is 46.8 Å². The van der Waals surface area contributed by atoms with Gasteiger partial charge in [0.05, 0.1) is 34.7 Å². The van der Waals surface area contributed by atoms with Gasteiger partial charge in [-0.05, 0) is 26.0 Å². The Morgan fingerprint density at radius 2 is 2.29 bits per heavy atom. The van der Waals surface area contributed by atoms with Gasteiger partial charge >= 0.3 is 0 Å². The minimum atomic E-state index is 0.123. The Balaban J connectivity index is 1.62. The fourth-order valence-corrected chi connectivity index (χ4v) is 4.32. The third-order valence-corrected chi connectivity index (χ3v) is 5.69. The van der Waals surface area contributed by atoms with E-state index in [-0.39, 0.29) is 18.1 Å². The molecule has 2 heterocycles. The highest BCUT2D eigenvalue weighted by Gasteiger charge is 2.27. The van der Waals surface area contributed by atoms with Crippen LogP contribution in [0.25, 0.3) is 10.2 Å². The van der Waals surface area contributed by atoms with Crippen molar-refractivity contribution >= 4 is 39.2 Å². The Morgan fingerprint density at radius 3 is 3.10 bits per heavy atom. The number of ether oxygens (including phenoxy) is 1. The van der Waals surface area contributed by atoms with E-state index in [2.05, 4.69) is 11.1 Å². The van der Waals surface area contributed by atoms with Crippen LogP contribution in [0.2, 0.25) is 0 Å². The van der Waals surface area contributed by atoms with Crippen molar-refractivity contribution in [3.05, 3.63) is 24.3 Å². The molecule has 112 valence electrons. The summed E-state index contributed by atoms with van der Waals surface area (Å²) in [5, 5.41) is 0. The van der Waals surface area contributed by atoms with Crippen LogP contribution in [0.15, 0.2) is 28.6 Å². The lowest BCUT2D eigenvalue weighted by Crippen LogP contribution is -2.50. The third-order valence-electron chi connectivity index (χ3n) is 3.52. The molecule has 0 N–H and O–H groups in total. The van der Waals surface area contributed by atoms with E-state index >= 15 is 0 Å². The number of carbonyl (C=O) groups excluding carboxylic acids is 1. The van der Waals surface area contributed by atoms with Crippen LogP contribution in [0, 0.1) is 0 Å². The van der Waals surface area contributed by atoms with Crippen LogP contribution in [0.4, 0.5) is 0 Å². The molecule has 3 rings (SSSR count). The number of thiazole rings is 1.